The number of hydrogen-bond acceptors (Lipinski definition) is 3. The van der Waals surface area contributed by atoms with E-state index >= 15 is 0 Å². The molecule has 0 saturated heterocycles. The molecule has 0 unspecified atom stereocenters. The van der Waals surface area contributed by atoms with E-state index in [2.05, 4.69) is 0 Å². The van der Waals surface area contributed by atoms with E-state index in [4.69, 9.17) is 11.6 Å². The number of rotatable bonds is 5. The van der Waals surface area contributed by atoms with Crippen molar-refractivity contribution in [2.75, 3.05) is 23.3 Å². The molecule has 0 radical (unpaired) electrons. The van der Waals surface area contributed by atoms with Gasteiger partial charge in [0, 0.05) is 14.1 Å². The van der Waals surface area contributed by atoms with E-state index in [0.717, 1.165) is 5.69 Å². The molecule has 0 fully saturated rings. The van der Waals surface area contributed by atoms with Gasteiger partial charge in [0.1, 0.15) is 0 Å². The molecule has 0 atom stereocenters. The van der Waals surface area contributed by atoms with Crippen LogP contribution in [0, 0.1) is 0 Å². The van der Waals surface area contributed by atoms with E-state index in [-0.39, 0.29) is 4.90 Å². The third kappa shape index (κ3) is 3.54. The monoisotopic (exact) mass is 386 g/mol. The molecule has 0 saturated carbocycles. The molecule has 26 heavy (non-hydrogen) atoms. The van der Waals surface area contributed by atoms with Crippen molar-refractivity contribution in [3.05, 3.63) is 83.9 Å². The Morgan fingerprint density at radius 2 is 1.35 bits per heavy atom. The van der Waals surface area contributed by atoms with Gasteiger partial charge in [-0.1, -0.05) is 48.0 Å². The van der Waals surface area contributed by atoms with Gasteiger partial charge in [-0.2, -0.15) is 0 Å². The second-order valence-electron chi connectivity index (χ2n) is 5.95. The number of hydrogen-bond donors (Lipinski definition) is 0. The molecule has 0 spiro atoms. The molecule has 134 valence electrons. The molecule has 3 aromatic carbocycles. The Labute approximate surface area is 159 Å². The van der Waals surface area contributed by atoms with Crippen LogP contribution in [0.3, 0.4) is 0 Å². The second-order valence-corrected chi connectivity index (χ2v) is 8.14. The lowest BCUT2D eigenvalue weighted by atomic mass is 10.2. The quantitative estimate of drug-likeness (QED) is 0.624. The van der Waals surface area contributed by atoms with Gasteiger partial charge < -0.3 is 4.90 Å². The molecule has 3 rings (SSSR count). The number of anilines is 3. The fraction of sp³-hybridized carbons (Fsp3) is 0.100. The maximum Gasteiger partial charge on any atom is 0.268 e. The fourth-order valence-electron chi connectivity index (χ4n) is 2.67. The van der Waals surface area contributed by atoms with Crippen molar-refractivity contribution in [2.45, 2.75) is 4.90 Å². The van der Waals surface area contributed by atoms with E-state index in [9.17, 15) is 8.42 Å². The van der Waals surface area contributed by atoms with E-state index in [1.165, 1.54) is 4.31 Å². The zero-order chi connectivity index (χ0) is 18.7. The molecule has 0 amide bonds. The van der Waals surface area contributed by atoms with Crippen molar-refractivity contribution in [1.82, 2.24) is 0 Å². The Morgan fingerprint density at radius 3 is 1.88 bits per heavy atom. The first-order valence-corrected chi connectivity index (χ1v) is 9.85. The molecule has 4 nitrogen and oxygen atoms in total. The largest absolute Gasteiger partial charge is 0.376 e. The summed E-state index contributed by atoms with van der Waals surface area (Å²) >= 11 is 6.39. The topological polar surface area (TPSA) is 40.6 Å². The summed E-state index contributed by atoms with van der Waals surface area (Å²) in [6.07, 6.45) is 0. The van der Waals surface area contributed by atoms with Crippen molar-refractivity contribution >= 4 is 38.7 Å². The van der Waals surface area contributed by atoms with Crippen LogP contribution in [0.25, 0.3) is 0 Å². The minimum atomic E-state index is -3.80. The van der Waals surface area contributed by atoms with E-state index in [1.54, 1.807) is 66.7 Å². The number of sulfonamides is 1. The second kappa shape index (κ2) is 7.40. The molecular formula is C20H19ClN2O2S. The van der Waals surface area contributed by atoms with Crippen LogP contribution in [0.1, 0.15) is 0 Å². The summed E-state index contributed by atoms with van der Waals surface area (Å²) in [5, 5.41) is 0.483. The predicted molar refractivity (Wildman–Crippen MR) is 108 cm³/mol. The third-order valence-electron chi connectivity index (χ3n) is 3.92. The Morgan fingerprint density at radius 1 is 0.769 bits per heavy atom. The normalized spacial score (nSPS) is 11.2. The van der Waals surface area contributed by atoms with Gasteiger partial charge in [-0.25, -0.2) is 12.7 Å². The van der Waals surface area contributed by atoms with E-state index < -0.39 is 10.0 Å². The minimum absolute atomic E-state index is 0.219. The molecule has 3 aromatic rings. The molecule has 0 aliphatic heterocycles. The standard InChI is InChI=1S/C20H19ClN2O2S/c1-22(2)20-14-13-17(15-19(20)21)23(16-9-5-3-6-10-16)26(24,25)18-11-7-4-8-12-18/h3-15H,1-2H3. The molecular weight excluding hydrogens is 368 g/mol. The number of halogens is 1. The van der Waals surface area contributed by atoms with Gasteiger partial charge in [-0.3, -0.25) is 0 Å². The highest BCUT2D eigenvalue weighted by atomic mass is 35.5. The molecule has 0 bridgehead atoms. The Hall–Kier alpha value is -2.50. The van der Waals surface area contributed by atoms with Crippen molar-refractivity contribution in [2.24, 2.45) is 0 Å². The highest BCUT2D eigenvalue weighted by Gasteiger charge is 2.27. The number of nitrogens with zero attached hydrogens (tertiary/aromatic N) is 2. The van der Waals surface area contributed by atoms with Crippen LogP contribution in [0.4, 0.5) is 17.1 Å². The van der Waals surface area contributed by atoms with Crippen LogP contribution in [0.2, 0.25) is 5.02 Å². The molecule has 6 heteroatoms. The van der Waals surface area contributed by atoms with Crippen LogP contribution in [0.5, 0.6) is 0 Å². The first-order valence-electron chi connectivity index (χ1n) is 8.03. The summed E-state index contributed by atoms with van der Waals surface area (Å²) in [5.41, 5.74) is 1.85. The summed E-state index contributed by atoms with van der Waals surface area (Å²) < 4.78 is 28.0. The zero-order valence-corrected chi connectivity index (χ0v) is 16.1. The van der Waals surface area contributed by atoms with Crippen molar-refractivity contribution in [3.8, 4) is 0 Å². The Balaban J connectivity index is 2.19. The van der Waals surface area contributed by atoms with Gasteiger partial charge in [0.15, 0.2) is 0 Å². The lowest BCUT2D eigenvalue weighted by Gasteiger charge is -2.26. The first-order chi connectivity index (χ1) is 12.4. The minimum Gasteiger partial charge on any atom is -0.376 e. The fourth-order valence-corrected chi connectivity index (χ4v) is 4.52. The van der Waals surface area contributed by atoms with Crippen molar-refractivity contribution in [3.63, 3.8) is 0 Å². The van der Waals surface area contributed by atoms with Crippen LogP contribution in [-0.4, -0.2) is 22.5 Å². The number of para-hydroxylation sites is 1. The Kier molecular flexibility index (Phi) is 5.20. The van der Waals surface area contributed by atoms with Gasteiger partial charge in [0.2, 0.25) is 0 Å². The van der Waals surface area contributed by atoms with Crippen molar-refractivity contribution < 1.29 is 8.42 Å². The summed E-state index contributed by atoms with van der Waals surface area (Å²) in [7, 11) is -0.0250. The van der Waals surface area contributed by atoms with Gasteiger partial charge in [0.05, 0.1) is 27.0 Å². The van der Waals surface area contributed by atoms with Crippen LogP contribution in [0.15, 0.2) is 83.8 Å². The highest BCUT2D eigenvalue weighted by molar-refractivity contribution is 7.93. The first kappa shape index (κ1) is 18.3. The van der Waals surface area contributed by atoms with E-state index in [1.807, 2.05) is 31.1 Å². The van der Waals surface area contributed by atoms with Crippen LogP contribution >= 0.6 is 11.6 Å². The van der Waals surface area contributed by atoms with Gasteiger partial charge in [-0.15, -0.1) is 0 Å². The van der Waals surface area contributed by atoms with Crippen molar-refractivity contribution in [1.29, 1.82) is 0 Å². The summed E-state index contributed by atoms with van der Waals surface area (Å²) in [6.45, 7) is 0. The summed E-state index contributed by atoms with van der Waals surface area (Å²) in [4.78, 5) is 2.10. The van der Waals surface area contributed by atoms with Crippen LogP contribution in [-0.2, 0) is 10.0 Å². The van der Waals surface area contributed by atoms with Gasteiger partial charge in [0.25, 0.3) is 10.0 Å². The SMILES string of the molecule is CN(C)c1ccc(N(c2ccccc2)S(=O)(=O)c2ccccc2)cc1Cl. The van der Waals surface area contributed by atoms with Crippen LogP contribution < -0.4 is 9.21 Å². The maximum absolute atomic E-state index is 13.3. The van der Waals surface area contributed by atoms with Gasteiger partial charge in [-0.05, 0) is 42.5 Å². The molecule has 0 aliphatic carbocycles. The lowest BCUT2D eigenvalue weighted by Crippen LogP contribution is -2.26. The molecule has 0 heterocycles. The maximum atomic E-state index is 13.3. The molecule has 0 aliphatic rings. The lowest BCUT2D eigenvalue weighted by molar-refractivity contribution is 0.596. The summed E-state index contributed by atoms with van der Waals surface area (Å²) in [5.74, 6) is 0. The van der Waals surface area contributed by atoms with Gasteiger partial charge >= 0.3 is 0 Å². The highest BCUT2D eigenvalue weighted by Crippen LogP contribution is 2.36. The zero-order valence-electron chi connectivity index (χ0n) is 14.5. The average molecular weight is 387 g/mol. The van der Waals surface area contributed by atoms with E-state index in [0.29, 0.717) is 16.4 Å². The molecule has 0 N–H and O–H groups in total. The summed E-state index contributed by atoms with van der Waals surface area (Å²) in [6, 6.07) is 22.6. The number of benzene rings is 3. The smallest absolute Gasteiger partial charge is 0.268 e. The molecule has 0 aromatic heterocycles. The predicted octanol–water partition coefficient (Wildman–Crippen LogP) is 4.93. The average Bonchev–Trinajstić information content (AvgIpc) is 2.63. The third-order valence-corrected chi connectivity index (χ3v) is 5.99. The Bertz CT molecular complexity index is 991.